The van der Waals surface area contributed by atoms with E-state index in [2.05, 4.69) is 13.8 Å². The molecule has 1 N–H and O–H groups in total. The monoisotopic (exact) mass is 443 g/mol. The fourth-order valence-corrected chi connectivity index (χ4v) is 4.42. The number of quaternary nitrogens is 1. The van der Waals surface area contributed by atoms with Crippen molar-refractivity contribution in [2.24, 2.45) is 0 Å². The maximum atomic E-state index is 13.1. The molecule has 0 unspecified atom stereocenters. The Kier molecular flexibility index (Phi) is 6.51. The van der Waals surface area contributed by atoms with Crippen molar-refractivity contribution < 1.29 is 29.0 Å². The van der Waals surface area contributed by atoms with Gasteiger partial charge in [0.25, 0.3) is 0 Å². The van der Waals surface area contributed by atoms with Gasteiger partial charge in [0.1, 0.15) is 18.0 Å². The van der Waals surface area contributed by atoms with E-state index in [1.54, 1.807) is 24.3 Å². The van der Waals surface area contributed by atoms with Crippen LogP contribution in [0.1, 0.15) is 53.7 Å². The summed E-state index contributed by atoms with van der Waals surface area (Å²) in [7, 11) is 0. The Morgan fingerprint density at radius 3 is 2.68 bits per heavy atom. The highest BCUT2D eigenvalue weighted by molar-refractivity contribution is 6.31. The normalized spacial score (nSPS) is 16.3. The number of benzene rings is 2. The van der Waals surface area contributed by atoms with Gasteiger partial charge in [0.15, 0.2) is 12.6 Å². The van der Waals surface area contributed by atoms with Crippen LogP contribution in [0.4, 0.5) is 0 Å². The molecule has 0 amide bonds. The van der Waals surface area contributed by atoms with E-state index in [0.29, 0.717) is 46.4 Å². The molecule has 0 radical (unpaired) electrons. The maximum absolute atomic E-state index is 13.1. The molecule has 7 heteroatoms. The van der Waals surface area contributed by atoms with Crippen LogP contribution in [0.3, 0.4) is 0 Å². The number of ketones is 1. The lowest BCUT2D eigenvalue weighted by atomic mass is 10.0. The number of fused-ring (bicyclic) bond motifs is 2. The van der Waals surface area contributed by atoms with E-state index in [1.807, 2.05) is 0 Å². The summed E-state index contributed by atoms with van der Waals surface area (Å²) in [5.74, 6) is 0.826. The molecule has 2 aliphatic rings. The predicted molar refractivity (Wildman–Crippen MR) is 116 cm³/mol. The molecular formula is C24H26ClNO5. The maximum Gasteiger partial charge on any atom is 0.231 e. The van der Waals surface area contributed by atoms with Crippen molar-refractivity contribution in [2.45, 2.75) is 39.8 Å². The molecule has 2 aromatic rings. The van der Waals surface area contributed by atoms with Crippen LogP contribution < -0.4 is 19.5 Å². The Hall–Kier alpha value is -2.54. The fourth-order valence-electron chi connectivity index (χ4n) is 4.17. The summed E-state index contributed by atoms with van der Waals surface area (Å²) in [6.07, 6.45) is 3.68. The first kappa shape index (κ1) is 21.7. The minimum absolute atomic E-state index is 0.0990. The van der Waals surface area contributed by atoms with E-state index in [0.717, 1.165) is 31.5 Å². The van der Waals surface area contributed by atoms with E-state index in [1.165, 1.54) is 11.0 Å². The van der Waals surface area contributed by atoms with Gasteiger partial charge in [-0.15, -0.1) is 0 Å². The molecule has 0 bridgehead atoms. The van der Waals surface area contributed by atoms with Crippen molar-refractivity contribution in [3.63, 3.8) is 0 Å². The summed E-state index contributed by atoms with van der Waals surface area (Å²) in [5.41, 5.74) is 2.45. The van der Waals surface area contributed by atoms with Crippen LogP contribution in [-0.2, 0) is 17.9 Å². The van der Waals surface area contributed by atoms with Gasteiger partial charge in [-0.05, 0) is 37.1 Å². The summed E-state index contributed by atoms with van der Waals surface area (Å²) in [6.45, 7) is 7.24. The second kappa shape index (κ2) is 9.30. The number of rotatable bonds is 7. The highest BCUT2D eigenvalue weighted by Gasteiger charge is 2.31. The molecule has 2 aliphatic heterocycles. The van der Waals surface area contributed by atoms with Crippen molar-refractivity contribution in [3.05, 3.63) is 57.3 Å². The number of Topliss-reactive ketones (excluding diaryl/α,β-unsaturated/α-hetero) is 1. The Labute approximate surface area is 187 Å². The summed E-state index contributed by atoms with van der Waals surface area (Å²) >= 11 is 6.25. The van der Waals surface area contributed by atoms with Gasteiger partial charge in [-0.25, -0.2) is 0 Å². The first-order valence-electron chi connectivity index (χ1n) is 10.7. The number of nitrogens with one attached hydrogen (secondary N) is 1. The lowest BCUT2D eigenvalue weighted by Gasteiger charge is -2.23. The zero-order valence-corrected chi connectivity index (χ0v) is 18.5. The van der Waals surface area contributed by atoms with Gasteiger partial charge in [0.2, 0.25) is 5.78 Å². The van der Waals surface area contributed by atoms with Crippen molar-refractivity contribution in [2.75, 3.05) is 19.9 Å². The molecule has 6 nitrogen and oxygen atoms in total. The third-order valence-corrected chi connectivity index (χ3v) is 5.74. The number of ether oxygens (including phenoxy) is 3. The Morgan fingerprint density at radius 2 is 1.94 bits per heavy atom. The molecule has 4 rings (SSSR count). The third kappa shape index (κ3) is 4.42. The van der Waals surface area contributed by atoms with Crippen molar-refractivity contribution in [1.82, 2.24) is 0 Å². The molecule has 164 valence electrons. The topological polar surface area (TPSA) is 72.3 Å². The van der Waals surface area contributed by atoms with Crippen molar-refractivity contribution >= 4 is 23.5 Å². The average Bonchev–Trinajstić information content (AvgIpc) is 3.06. The van der Waals surface area contributed by atoms with E-state index < -0.39 is 0 Å². The second-order valence-electron chi connectivity index (χ2n) is 7.88. The van der Waals surface area contributed by atoms with E-state index in [9.17, 15) is 9.90 Å². The standard InChI is InChI=1S/C24H26ClNO5/c1-3-7-26(8-4-2)12-19-20(27)6-5-18-22(28)21(31-24(18)19)11-15-9-17(25)10-16-13-29-14-30-23(15)16/h5-6,9-11,27H,3-4,7-8,12-14H2,1-2H3/b21-11-. The van der Waals surface area contributed by atoms with Gasteiger partial charge in [0, 0.05) is 21.7 Å². The Balaban J connectivity index is 1.69. The zero-order chi connectivity index (χ0) is 22.0. The molecular weight excluding hydrogens is 418 g/mol. The van der Waals surface area contributed by atoms with Crippen molar-refractivity contribution in [1.29, 1.82) is 0 Å². The molecule has 0 saturated carbocycles. The Bertz CT molecular complexity index is 1030. The number of hydrogen-bond donors (Lipinski definition) is 1. The molecule has 31 heavy (non-hydrogen) atoms. The second-order valence-corrected chi connectivity index (χ2v) is 8.32. The predicted octanol–water partition coefficient (Wildman–Crippen LogP) is 3.10. The minimum Gasteiger partial charge on any atom is -0.872 e. The van der Waals surface area contributed by atoms with Gasteiger partial charge >= 0.3 is 0 Å². The van der Waals surface area contributed by atoms with Crippen LogP contribution in [-0.4, -0.2) is 25.7 Å². The number of allylic oxidation sites excluding steroid dienone is 1. The van der Waals surface area contributed by atoms with Crippen molar-refractivity contribution in [3.8, 4) is 17.2 Å². The highest BCUT2D eigenvalue weighted by Crippen LogP contribution is 2.40. The number of hydrogen-bond acceptors (Lipinski definition) is 5. The first-order chi connectivity index (χ1) is 15.0. The Morgan fingerprint density at radius 1 is 1.16 bits per heavy atom. The lowest BCUT2D eigenvalue weighted by molar-refractivity contribution is -0.914. The SMILES string of the molecule is CCC[NH+](CCC)Cc1c([O-])ccc2c1O/C(=C\c1cc(Cl)cc3c1OCOC3)C2=O. The molecule has 0 atom stereocenters. The minimum atomic E-state index is -0.246. The van der Waals surface area contributed by atoms with Gasteiger partial charge in [-0.1, -0.05) is 37.3 Å². The molecule has 2 aromatic carbocycles. The quantitative estimate of drug-likeness (QED) is 0.666. The smallest absolute Gasteiger partial charge is 0.231 e. The van der Waals surface area contributed by atoms with Crippen LogP contribution in [0.15, 0.2) is 30.0 Å². The number of carbonyl (C=O) groups is 1. The van der Waals surface area contributed by atoms with Gasteiger partial charge in [0.05, 0.1) is 25.3 Å². The summed E-state index contributed by atoms with van der Waals surface area (Å²) in [4.78, 5) is 14.4. The lowest BCUT2D eigenvalue weighted by Crippen LogP contribution is -3.10. The van der Waals surface area contributed by atoms with Crippen LogP contribution in [0, 0.1) is 0 Å². The van der Waals surface area contributed by atoms with E-state index in [4.69, 9.17) is 25.8 Å². The third-order valence-electron chi connectivity index (χ3n) is 5.52. The van der Waals surface area contributed by atoms with Crippen LogP contribution >= 0.6 is 11.6 Å². The molecule has 0 aliphatic carbocycles. The van der Waals surface area contributed by atoms with Gasteiger partial charge in [-0.3, -0.25) is 4.79 Å². The van der Waals surface area contributed by atoms with Crippen LogP contribution in [0.25, 0.3) is 6.08 Å². The average molecular weight is 444 g/mol. The first-order valence-corrected chi connectivity index (χ1v) is 11.0. The van der Waals surface area contributed by atoms with E-state index in [-0.39, 0.29) is 24.1 Å². The van der Waals surface area contributed by atoms with E-state index >= 15 is 0 Å². The summed E-state index contributed by atoms with van der Waals surface area (Å²) < 4.78 is 16.9. The molecule has 0 spiro atoms. The zero-order valence-electron chi connectivity index (χ0n) is 17.8. The van der Waals surface area contributed by atoms with Crippen LogP contribution in [0.2, 0.25) is 5.02 Å². The highest BCUT2D eigenvalue weighted by atomic mass is 35.5. The number of carbonyl (C=O) groups excluding carboxylic acids is 1. The van der Waals surface area contributed by atoms with Gasteiger partial charge < -0.3 is 24.2 Å². The summed E-state index contributed by atoms with van der Waals surface area (Å²) in [5, 5.41) is 13.2. The molecule has 0 fully saturated rings. The van der Waals surface area contributed by atoms with Crippen LogP contribution in [0.5, 0.6) is 17.2 Å². The molecule has 0 saturated heterocycles. The fraction of sp³-hybridized carbons (Fsp3) is 0.375. The van der Waals surface area contributed by atoms with Gasteiger partial charge in [-0.2, -0.15) is 0 Å². The molecule has 0 aromatic heterocycles. The molecule has 2 heterocycles. The summed E-state index contributed by atoms with van der Waals surface area (Å²) in [6, 6.07) is 6.54. The largest absolute Gasteiger partial charge is 0.872 e. The number of halogens is 1.